The number of fused-ring (bicyclic) bond motifs is 3. The molecule has 0 spiro atoms. The van der Waals surface area contributed by atoms with Crippen molar-refractivity contribution < 1.29 is 25.1 Å². The average molecular weight is 419 g/mol. The summed E-state index contributed by atoms with van der Waals surface area (Å²) in [6, 6.07) is 16.9. The van der Waals surface area contributed by atoms with Crippen LogP contribution in [-0.2, 0) is 4.65 Å². The Morgan fingerprint density at radius 3 is 2.06 bits per heavy atom. The summed E-state index contributed by atoms with van der Waals surface area (Å²) in [5, 5.41) is 44.5. The molecule has 7 heteroatoms. The molecular weight excluding hydrogens is 393 g/mol. The van der Waals surface area contributed by atoms with Crippen LogP contribution in [0.2, 0.25) is 0 Å². The van der Waals surface area contributed by atoms with Crippen LogP contribution in [0.4, 0.5) is 0 Å². The van der Waals surface area contributed by atoms with Gasteiger partial charge >= 0.3 is 7.48 Å². The van der Waals surface area contributed by atoms with Crippen molar-refractivity contribution in [3.05, 3.63) is 54.6 Å². The Hall–Kier alpha value is -3.16. The molecule has 4 rings (SSSR count). The number of hydrogen-bond acceptors (Lipinski definition) is 5. The number of nitrogens with zero attached hydrogens (tertiary/aromatic N) is 1. The molecule has 0 saturated heterocycles. The van der Waals surface area contributed by atoms with Gasteiger partial charge in [0.1, 0.15) is 11.3 Å². The quantitative estimate of drug-likeness (QED) is 0.226. The largest absolute Gasteiger partial charge is 0.508 e. The van der Waals surface area contributed by atoms with E-state index in [1.165, 1.54) is 0 Å². The fraction of sp³-hybridized carbons (Fsp3) is 0.250. The maximum atomic E-state index is 11.2. The highest BCUT2D eigenvalue weighted by atomic mass is 16.5. The van der Waals surface area contributed by atoms with Gasteiger partial charge in [0.05, 0.1) is 22.1 Å². The monoisotopic (exact) mass is 419 g/mol. The van der Waals surface area contributed by atoms with Crippen molar-refractivity contribution in [3.63, 3.8) is 0 Å². The molecular formula is C24H26BNO5. The van der Waals surface area contributed by atoms with Gasteiger partial charge in [-0.25, -0.2) is 0 Å². The Labute approximate surface area is 181 Å². The summed E-state index contributed by atoms with van der Waals surface area (Å²) in [5.41, 5.74) is -0.174. The van der Waals surface area contributed by atoms with Crippen LogP contribution in [0.3, 0.4) is 0 Å². The zero-order valence-corrected chi connectivity index (χ0v) is 18.0. The van der Waals surface area contributed by atoms with Crippen LogP contribution in [0.25, 0.3) is 27.5 Å². The first-order valence-electron chi connectivity index (χ1n) is 10.1. The van der Waals surface area contributed by atoms with Gasteiger partial charge in [0.15, 0.2) is 11.5 Å². The van der Waals surface area contributed by atoms with Crippen molar-refractivity contribution in [2.24, 2.45) is 0 Å². The van der Waals surface area contributed by atoms with Crippen LogP contribution in [0, 0.1) is 0 Å². The smallest absolute Gasteiger partial charge is 0.317 e. The fourth-order valence-electron chi connectivity index (χ4n) is 3.63. The first kappa shape index (κ1) is 21.1. The van der Waals surface area contributed by atoms with Crippen LogP contribution in [0.1, 0.15) is 27.7 Å². The number of aromatic nitrogens is 1. The standard InChI is InChI=1S/C24H26BNO5/c1-23(2,30)24(3,4)31-25-18-20(27)17-15-12-8-9-13-16(15)26(14-10-6-5-7-11-14)19(17)22(29)21(18)28/h5-13,25,27-30H,1-4H3. The van der Waals surface area contributed by atoms with Crippen LogP contribution in [-0.4, -0.2) is 43.7 Å². The van der Waals surface area contributed by atoms with E-state index in [2.05, 4.69) is 0 Å². The van der Waals surface area contributed by atoms with Crippen LogP contribution in [0.15, 0.2) is 54.6 Å². The minimum atomic E-state index is -1.16. The normalized spacial score (nSPS) is 12.5. The van der Waals surface area contributed by atoms with Crippen molar-refractivity contribution >= 4 is 34.8 Å². The summed E-state index contributed by atoms with van der Waals surface area (Å²) >= 11 is 0. The van der Waals surface area contributed by atoms with Gasteiger partial charge in [-0.1, -0.05) is 36.4 Å². The zero-order chi connectivity index (χ0) is 22.6. The molecule has 0 radical (unpaired) electrons. The van der Waals surface area contributed by atoms with Gasteiger partial charge in [-0.15, -0.1) is 0 Å². The van der Waals surface area contributed by atoms with Crippen molar-refractivity contribution in [2.75, 3.05) is 0 Å². The third-order valence-electron chi connectivity index (χ3n) is 6.20. The van der Waals surface area contributed by atoms with Gasteiger partial charge in [-0.2, -0.15) is 0 Å². The maximum absolute atomic E-state index is 11.2. The zero-order valence-electron chi connectivity index (χ0n) is 18.0. The first-order chi connectivity index (χ1) is 14.5. The second kappa shape index (κ2) is 7.22. The topological polar surface area (TPSA) is 95.1 Å². The molecule has 0 bridgehead atoms. The van der Waals surface area contributed by atoms with E-state index in [0.717, 1.165) is 16.6 Å². The van der Waals surface area contributed by atoms with E-state index in [4.69, 9.17) is 4.65 Å². The summed E-state index contributed by atoms with van der Waals surface area (Å²) in [6.07, 6.45) is 0. The third-order valence-corrected chi connectivity index (χ3v) is 6.20. The van der Waals surface area contributed by atoms with Crippen molar-refractivity contribution in [2.45, 2.75) is 38.9 Å². The summed E-state index contributed by atoms with van der Waals surface area (Å²) in [6.45, 7) is 6.70. The Morgan fingerprint density at radius 2 is 1.42 bits per heavy atom. The molecule has 0 unspecified atom stereocenters. The fourth-order valence-corrected chi connectivity index (χ4v) is 3.63. The molecule has 0 aliphatic heterocycles. The lowest BCUT2D eigenvalue weighted by atomic mass is 9.80. The first-order valence-corrected chi connectivity index (χ1v) is 10.1. The summed E-state index contributed by atoms with van der Waals surface area (Å²) in [4.78, 5) is 0. The van der Waals surface area contributed by atoms with Crippen LogP contribution >= 0.6 is 0 Å². The van der Waals surface area contributed by atoms with E-state index < -0.39 is 17.0 Å². The van der Waals surface area contributed by atoms with Gasteiger partial charge in [0, 0.05) is 16.5 Å². The van der Waals surface area contributed by atoms with Crippen LogP contribution in [0.5, 0.6) is 17.2 Å². The van der Waals surface area contributed by atoms with E-state index in [0.29, 0.717) is 10.9 Å². The minimum absolute atomic E-state index is 0.0679. The van der Waals surface area contributed by atoms with Gasteiger partial charge in [0.2, 0.25) is 0 Å². The van der Waals surface area contributed by atoms with Gasteiger partial charge in [-0.05, 0) is 45.9 Å². The summed E-state index contributed by atoms with van der Waals surface area (Å²) < 4.78 is 7.67. The second-order valence-corrected chi connectivity index (χ2v) is 8.79. The number of phenols is 3. The van der Waals surface area contributed by atoms with E-state index in [-0.39, 0.29) is 24.4 Å². The number of aliphatic hydroxyl groups is 1. The Bertz CT molecular complexity index is 1270. The van der Waals surface area contributed by atoms with Crippen molar-refractivity contribution in [1.29, 1.82) is 0 Å². The molecule has 31 heavy (non-hydrogen) atoms. The molecule has 0 aliphatic carbocycles. The van der Waals surface area contributed by atoms with Crippen molar-refractivity contribution in [3.8, 4) is 22.9 Å². The van der Waals surface area contributed by atoms with Crippen LogP contribution < -0.4 is 5.46 Å². The highest BCUT2D eigenvalue weighted by Crippen LogP contribution is 2.44. The van der Waals surface area contributed by atoms with E-state index in [1.54, 1.807) is 27.7 Å². The molecule has 4 N–H and O–H groups in total. The van der Waals surface area contributed by atoms with Gasteiger partial charge in [0.25, 0.3) is 0 Å². The Morgan fingerprint density at radius 1 is 0.806 bits per heavy atom. The average Bonchev–Trinajstić information content (AvgIpc) is 3.07. The molecule has 160 valence electrons. The predicted molar refractivity (Wildman–Crippen MR) is 124 cm³/mol. The van der Waals surface area contributed by atoms with Crippen molar-refractivity contribution in [1.82, 2.24) is 4.57 Å². The Balaban J connectivity index is 1.99. The summed E-state index contributed by atoms with van der Waals surface area (Å²) in [7, 11) is -0.191. The van der Waals surface area contributed by atoms with E-state index >= 15 is 0 Å². The molecule has 0 saturated carbocycles. The minimum Gasteiger partial charge on any atom is -0.508 e. The molecule has 3 aromatic carbocycles. The molecule has 0 atom stereocenters. The Kier molecular flexibility index (Phi) is 4.91. The summed E-state index contributed by atoms with van der Waals surface area (Å²) in [5.74, 6) is -0.952. The predicted octanol–water partition coefficient (Wildman–Crippen LogP) is 3.44. The molecule has 0 fully saturated rings. The molecule has 4 aromatic rings. The molecule has 1 aromatic heterocycles. The molecule has 1 heterocycles. The number of para-hydroxylation sites is 2. The maximum Gasteiger partial charge on any atom is 0.317 e. The number of hydrogen-bond donors (Lipinski definition) is 4. The lowest BCUT2D eigenvalue weighted by Crippen LogP contribution is -2.49. The SMILES string of the molecule is CC(C)(O)C(C)(C)OBc1c(O)c(O)c2c(c1O)c1ccccc1n2-c1ccccc1. The molecule has 6 nitrogen and oxygen atoms in total. The van der Waals surface area contributed by atoms with Gasteiger partial charge < -0.3 is 29.6 Å². The van der Waals surface area contributed by atoms with E-state index in [9.17, 15) is 20.4 Å². The lowest BCUT2D eigenvalue weighted by molar-refractivity contribution is -0.0893. The second-order valence-electron chi connectivity index (χ2n) is 8.79. The molecule has 0 amide bonds. The highest BCUT2D eigenvalue weighted by molar-refractivity contribution is 6.51. The number of aromatic hydroxyl groups is 3. The van der Waals surface area contributed by atoms with Gasteiger partial charge in [-0.3, -0.25) is 0 Å². The van der Waals surface area contributed by atoms with E-state index in [1.807, 2.05) is 59.2 Å². The number of phenolic OH excluding ortho intramolecular Hbond substituents is 3. The number of rotatable bonds is 5. The lowest BCUT2D eigenvalue weighted by Gasteiger charge is -2.37. The molecule has 0 aliphatic rings. The third kappa shape index (κ3) is 3.30. The number of benzene rings is 3. The highest BCUT2D eigenvalue weighted by Gasteiger charge is 2.37.